The van der Waals surface area contributed by atoms with Gasteiger partial charge in [-0.1, -0.05) is 11.3 Å². The molecule has 0 spiro atoms. The number of rotatable bonds is 1. The molecule has 0 atom stereocenters. The zero-order valence-corrected chi connectivity index (χ0v) is 6.97. The minimum absolute atomic E-state index is 0.0335. The number of pyridine rings is 1. The highest BCUT2D eigenvalue weighted by molar-refractivity contribution is 7.07. The maximum absolute atomic E-state index is 10.8. The first-order valence-electron chi connectivity index (χ1n) is 3.44. The van der Waals surface area contributed by atoms with Crippen molar-refractivity contribution in [2.75, 3.05) is 0 Å². The van der Waals surface area contributed by atoms with E-state index < -0.39 is 0 Å². The smallest absolute Gasteiger partial charge is 0.304 e. The third-order valence-electron chi connectivity index (χ3n) is 1.49. The van der Waals surface area contributed by atoms with Crippen LogP contribution in [0.5, 0.6) is 0 Å². The van der Waals surface area contributed by atoms with Crippen LogP contribution in [0.3, 0.4) is 0 Å². The fraction of sp³-hybridized carbons (Fsp3) is 0. The van der Waals surface area contributed by atoms with E-state index in [-0.39, 0.29) is 4.87 Å². The van der Waals surface area contributed by atoms with Crippen molar-refractivity contribution in [3.05, 3.63) is 39.6 Å². The Kier molecular flexibility index (Phi) is 1.75. The summed E-state index contributed by atoms with van der Waals surface area (Å²) in [5, 5.41) is 1.79. The number of nitrogens with zero attached hydrogens (tertiary/aromatic N) is 1. The predicted molar refractivity (Wildman–Crippen MR) is 48.2 cm³/mol. The molecule has 0 unspecified atom stereocenters. The SMILES string of the molecule is O=c1[nH]c(-c2cccnc2)cs1. The van der Waals surface area contributed by atoms with Crippen molar-refractivity contribution in [3.8, 4) is 11.3 Å². The van der Waals surface area contributed by atoms with Crippen molar-refractivity contribution in [1.29, 1.82) is 0 Å². The molecule has 0 amide bonds. The fourth-order valence-electron chi connectivity index (χ4n) is 0.944. The zero-order chi connectivity index (χ0) is 8.39. The number of H-pyrrole nitrogens is 1. The molecule has 2 heterocycles. The number of aromatic amines is 1. The molecule has 4 heteroatoms. The van der Waals surface area contributed by atoms with Crippen LogP contribution in [0.15, 0.2) is 34.7 Å². The van der Waals surface area contributed by atoms with Crippen molar-refractivity contribution >= 4 is 11.3 Å². The van der Waals surface area contributed by atoms with Gasteiger partial charge in [0, 0.05) is 23.3 Å². The monoisotopic (exact) mass is 178 g/mol. The van der Waals surface area contributed by atoms with E-state index in [1.807, 2.05) is 12.1 Å². The summed E-state index contributed by atoms with van der Waals surface area (Å²) in [6.07, 6.45) is 3.42. The molecule has 0 aliphatic heterocycles. The Morgan fingerprint density at radius 2 is 2.42 bits per heavy atom. The van der Waals surface area contributed by atoms with Crippen LogP contribution < -0.4 is 4.87 Å². The fourth-order valence-corrected chi connectivity index (χ4v) is 1.53. The normalized spacial score (nSPS) is 10.0. The van der Waals surface area contributed by atoms with Crippen molar-refractivity contribution in [1.82, 2.24) is 9.97 Å². The molecule has 2 rings (SSSR count). The summed E-state index contributed by atoms with van der Waals surface area (Å²) in [4.78, 5) is 17.4. The highest BCUT2D eigenvalue weighted by Crippen LogP contribution is 2.14. The Balaban J connectivity index is 2.51. The number of thiazole rings is 1. The van der Waals surface area contributed by atoms with Crippen LogP contribution in [-0.4, -0.2) is 9.97 Å². The molecule has 0 fully saturated rings. The Morgan fingerprint density at radius 3 is 3.00 bits per heavy atom. The number of aromatic nitrogens is 2. The van der Waals surface area contributed by atoms with Crippen molar-refractivity contribution in [2.24, 2.45) is 0 Å². The summed E-state index contributed by atoms with van der Waals surface area (Å²) < 4.78 is 0. The van der Waals surface area contributed by atoms with E-state index >= 15 is 0 Å². The molecule has 1 N–H and O–H groups in total. The van der Waals surface area contributed by atoms with Gasteiger partial charge in [-0.25, -0.2) is 0 Å². The van der Waals surface area contributed by atoms with Crippen molar-refractivity contribution < 1.29 is 0 Å². The summed E-state index contributed by atoms with van der Waals surface area (Å²) >= 11 is 1.16. The van der Waals surface area contributed by atoms with Gasteiger partial charge in [0.15, 0.2) is 0 Å². The van der Waals surface area contributed by atoms with Crippen LogP contribution in [-0.2, 0) is 0 Å². The van der Waals surface area contributed by atoms with Crippen LogP contribution in [0.4, 0.5) is 0 Å². The maximum atomic E-state index is 10.8. The molecule has 0 radical (unpaired) electrons. The standard InChI is InChI=1S/C8H6N2OS/c11-8-10-7(5-12-8)6-2-1-3-9-4-6/h1-5H,(H,10,11). The first-order valence-corrected chi connectivity index (χ1v) is 4.32. The van der Waals surface area contributed by atoms with Crippen LogP contribution in [0.25, 0.3) is 11.3 Å². The molecule has 0 aliphatic carbocycles. The van der Waals surface area contributed by atoms with Gasteiger partial charge in [0.1, 0.15) is 0 Å². The topological polar surface area (TPSA) is 45.8 Å². The molecule has 2 aromatic heterocycles. The molecular formula is C8H6N2OS. The Hall–Kier alpha value is -1.42. The first-order chi connectivity index (χ1) is 5.86. The van der Waals surface area contributed by atoms with Gasteiger partial charge < -0.3 is 4.98 Å². The molecule has 0 saturated carbocycles. The largest absolute Gasteiger partial charge is 0.312 e. The summed E-state index contributed by atoms with van der Waals surface area (Å²) in [6, 6.07) is 3.75. The summed E-state index contributed by atoms with van der Waals surface area (Å²) in [5.74, 6) is 0. The van der Waals surface area contributed by atoms with Crippen LogP contribution in [0, 0.1) is 0 Å². The van der Waals surface area contributed by atoms with E-state index in [2.05, 4.69) is 9.97 Å². The molecule has 2 aromatic rings. The minimum Gasteiger partial charge on any atom is -0.312 e. The third-order valence-corrected chi connectivity index (χ3v) is 2.16. The molecule has 0 bridgehead atoms. The van der Waals surface area contributed by atoms with Gasteiger partial charge >= 0.3 is 4.87 Å². The van der Waals surface area contributed by atoms with Crippen LogP contribution in [0.1, 0.15) is 0 Å². The lowest BCUT2D eigenvalue weighted by molar-refractivity contribution is 1.29. The summed E-state index contributed by atoms with van der Waals surface area (Å²) in [7, 11) is 0. The minimum atomic E-state index is -0.0335. The van der Waals surface area contributed by atoms with E-state index in [1.165, 1.54) is 0 Å². The number of hydrogen-bond donors (Lipinski definition) is 1. The average molecular weight is 178 g/mol. The second-order valence-corrected chi connectivity index (χ2v) is 3.15. The quantitative estimate of drug-likeness (QED) is 0.719. The van der Waals surface area contributed by atoms with Crippen LogP contribution >= 0.6 is 11.3 Å². The first kappa shape index (κ1) is 7.24. The average Bonchev–Trinajstić information content (AvgIpc) is 2.54. The van der Waals surface area contributed by atoms with Gasteiger partial charge in [0.05, 0.1) is 5.69 Å². The molecule has 0 aromatic carbocycles. The molecule has 3 nitrogen and oxygen atoms in total. The van der Waals surface area contributed by atoms with Crippen molar-refractivity contribution in [3.63, 3.8) is 0 Å². The Bertz CT molecular complexity index is 418. The van der Waals surface area contributed by atoms with Crippen LogP contribution in [0.2, 0.25) is 0 Å². The lowest BCUT2D eigenvalue weighted by Crippen LogP contribution is -1.92. The molecule has 12 heavy (non-hydrogen) atoms. The summed E-state index contributed by atoms with van der Waals surface area (Å²) in [5.41, 5.74) is 1.77. The van der Waals surface area contributed by atoms with E-state index in [1.54, 1.807) is 17.8 Å². The lowest BCUT2D eigenvalue weighted by atomic mass is 10.2. The van der Waals surface area contributed by atoms with Gasteiger partial charge in [-0.3, -0.25) is 9.78 Å². The lowest BCUT2D eigenvalue weighted by Gasteiger charge is -1.92. The van der Waals surface area contributed by atoms with E-state index in [9.17, 15) is 4.79 Å². The molecule has 0 saturated heterocycles. The predicted octanol–water partition coefficient (Wildman–Crippen LogP) is 1.50. The third kappa shape index (κ3) is 1.29. The number of nitrogens with one attached hydrogen (secondary N) is 1. The zero-order valence-electron chi connectivity index (χ0n) is 6.15. The Morgan fingerprint density at radius 1 is 1.50 bits per heavy atom. The van der Waals surface area contributed by atoms with E-state index in [0.717, 1.165) is 22.6 Å². The highest BCUT2D eigenvalue weighted by Gasteiger charge is 1.98. The van der Waals surface area contributed by atoms with Gasteiger partial charge in [0.25, 0.3) is 0 Å². The molecule has 0 aliphatic rings. The van der Waals surface area contributed by atoms with Gasteiger partial charge in [0.2, 0.25) is 0 Å². The van der Waals surface area contributed by atoms with E-state index in [0.29, 0.717) is 0 Å². The van der Waals surface area contributed by atoms with Gasteiger partial charge in [-0.15, -0.1) is 0 Å². The van der Waals surface area contributed by atoms with Crippen molar-refractivity contribution in [2.45, 2.75) is 0 Å². The second kappa shape index (κ2) is 2.91. The maximum Gasteiger partial charge on any atom is 0.304 e. The summed E-state index contributed by atoms with van der Waals surface area (Å²) in [6.45, 7) is 0. The molecular weight excluding hydrogens is 172 g/mol. The second-order valence-electron chi connectivity index (χ2n) is 2.30. The number of hydrogen-bond acceptors (Lipinski definition) is 3. The van der Waals surface area contributed by atoms with Gasteiger partial charge in [-0.2, -0.15) is 0 Å². The van der Waals surface area contributed by atoms with Gasteiger partial charge in [-0.05, 0) is 12.1 Å². The Labute approximate surface area is 72.7 Å². The highest BCUT2D eigenvalue weighted by atomic mass is 32.1. The van der Waals surface area contributed by atoms with E-state index in [4.69, 9.17) is 0 Å². The molecule has 60 valence electrons.